The zero-order chi connectivity index (χ0) is 20.3. The van der Waals surface area contributed by atoms with Gasteiger partial charge in [0.1, 0.15) is 12.0 Å². The average Bonchev–Trinajstić information content (AvgIpc) is 2.64. The number of nitrogens with zero attached hydrogens (tertiary/aromatic N) is 2. The van der Waals surface area contributed by atoms with Crippen molar-refractivity contribution in [3.8, 4) is 0 Å². The van der Waals surface area contributed by atoms with Crippen molar-refractivity contribution >= 4 is 63.7 Å². The van der Waals surface area contributed by atoms with Crippen LogP contribution < -0.4 is 21.9 Å². The van der Waals surface area contributed by atoms with E-state index in [2.05, 4.69) is 26.1 Å². The molecule has 7 nitrogen and oxygen atoms in total. The molecule has 5 N–H and O–H groups in total. The molecule has 3 rings (SSSR count). The summed E-state index contributed by atoms with van der Waals surface area (Å²) in [5.74, 6) is 0.131. The topological polar surface area (TPSA) is 105 Å². The number of benzene rings is 2. The van der Waals surface area contributed by atoms with Crippen LogP contribution in [0.4, 0.5) is 23.0 Å². The zero-order valence-electron chi connectivity index (χ0n) is 14.6. The van der Waals surface area contributed by atoms with Gasteiger partial charge in [0, 0.05) is 15.7 Å². The quantitative estimate of drug-likeness (QED) is 0.426. The van der Waals surface area contributed by atoms with Gasteiger partial charge in [-0.15, -0.1) is 0 Å². The molecule has 0 unspecified atom stereocenters. The first-order valence-corrected chi connectivity index (χ1v) is 9.13. The van der Waals surface area contributed by atoms with Gasteiger partial charge in [0.05, 0.1) is 10.6 Å². The van der Waals surface area contributed by atoms with Crippen molar-refractivity contribution < 1.29 is 4.79 Å². The Morgan fingerprint density at radius 2 is 1.68 bits per heavy atom. The number of aryl methyl sites for hydroxylation is 1. The first-order valence-electron chi connectivity index (χ1n) is 8.00. The fraction of sp³-hybridized carbons (Fsp3) is 0.0556. The summed E-state index contributed by atoms with van der Waals surface area (Å²) in [5, 5.41) is 4.41. The lowest BCUT2D eigenvalue weighted by Crippen LogP contribution is -2.30. The molecule has 144 valence electrons. The minimum Gasteiger partial charge on any atom is -0.393 e. The van der Waals surface area contributed by atoms with Crippen molar-refractivity contribution in [1.82, 2.24) is 15.4 Å². The van der Waals surface area contributed by atoms with E-state index in [0.717, 1.165) is 11.3 Å². The number of aromatic nitrogens is 2. The van der Waals surface area contributed by atoms with Gasteiger partial charge in [-0.05, 0) is 48.9 Å². The molecule has 0 saturated carbocycles. The Kier molecular flexibility index (Phi) is 6.08. The van der Waals surface area contributed by atoms with E-state index in [0.29, 0.717) is 15.9 Å². The molecule has 0 atom stereocenters. The number of anilines is 4. The standard InChI is InChI=1S/C18H15Cl3N6O/c1-9-6-10(19)3-5-14(9)25-16-15(22)17(24-8-23-16)26-27-18(28)12-4-2-11(20)7-13(12)21/h2-8H,22H2,1H3,(H,27,28)(H2,23,24,25,26). The molecule has 0 bridgehead atoms. The maximum Gasteiger partial charge on any atom is 0.271 e. The maximum atomic E-state index is 12.3. The summed E-state index contributed by atoms with van der Waals surface area (Å²) in [6, 6.07) is 9.95. The Balaban J connectivity index is 1.75. The van der Waals surface area contributed by atoms with E-state index in [1.807, 2.05) is 19.1 Å². The van der Waals surface area contributed by atoms with Crippen LogP contribution in [0.15, 0.2) is 42.7 Å². The lowest BCUT2D eigenvalue weighted by atomic mass is 10.2. The number of nitrogens with one attached hydrogen (secondary N) is 3. The van der Waals surface area contributed by atoms with Gasteiger partial charge in [0.2, 0.25) is 0 Å². The van der Waals surface area contributed by atoms with Crippen molar-refractivity contribution in [3.63, 3.8) is 0 Å². The number of nitrogens with two attached hydrogens (primary N) is 1. The Morgan fingerprint density at radius 1 is 1.00 bits per heavy atom. The number of carbonyl (C=O) groups is 1. The van der Waals surface area contributed by atoms with Crippen LogP contribution >= 0.6 is 34.8 Å². The van der Waals surface area contributed by atoms with Crippen molar-refractivity contribution in [3.05, 3.63) is 68.9 Å². The Hall–Kier alpha value is -2.74. The monoisotopic (exact) mass is 436 g/mol. The second-order valence-electron chi connectivity index (χ2n) is 5.77. The summed E-state index contributed by atoms with van der Waals surface area (Å²) in [7, 11) is 0. The van der Waals surface area contributed by atoms with E-state index in [-0.39, 0.29) is 22.1 Å². The molecule has 0 aliphatic rings. The predicted molar refractivity (Wildman–Crippen MR) is 113 cm³/mol. The Bertz CT molecular complexity index is 1040. The van der Waals surface area contributed by atoms with Gasteiger partial charge in [-0.1, -0.05) is 34.8 Å². The Labute approximate surface area is 176 Å². The molecular weight excluding hydrogens is 423 g/mol. The number of hydrogen-bond acceptors (Lipinski definition) is 6. The van der Waals surface area contributed by atoms with Crippen LogP contribution in [-0.2, 0) is 0 Å². The minimum atomic E-state index is -0.470. The SMILES string of the molecule is Cc1cc(Cl)ccc1Nc1ncnc(NNC(=O)c2ccc(Cl)cc2Cl)c1N. The van der Waals surface area contributed by atoms with Gasteiger partial charge in [0.25, 0.3) is 5.91 Å². The normalized spacial score (nSPS) is 10.4. The number of nitrogen functional groups attached to an aromatic ring is 1. The summed E-state index contributed by atoms with van der Waals surface area (Å²) in [5.41, 5.74) is 13.5. The molecule has 0 aliphatic carbocycles. The maximum absolute atomic E-state index is 12.3. The van der Waals surface area contributed by atoms with Crippen LogP contribution in [0.3, 0.4) is 0 Å². The molecule has 0 saturated heterocycles. The average molecular weight is 438 g/mol. The lowest BCUT2D eigenvalue weighted by Gasteiger charge is -2.14. The van der Waals surface area contributed by atoms with E-state index in [1.54, 1.807) is 12.1 Å². The number of hydrogen-bond donors (Lipinski definition) is 4. The largest absolute Gasteiger partial charge is 0.393 e. The first-order chi connectivity index (χ1) is 13.3. The van der Waals surface area contributed by atoms with Crippen LogP contribution in [0.2, 0.25) is 15.1 Å². The highest BCUT2D eigenvalue weighted by Gasteiger charge is 2.13. The first kappa shape index (κ1) is 20.0. The minimum absolute atomic E-state index is 0.222. The predicted octanol–water partition coefficient (Wildman–Crippen LogP) is 4.83. The van der Waals surface area contributed by atoms with Crippen molar-refractivity contribution in [1.29, 1.82) is 0 Å². The third kappa shape index (κ3) is 4.56. The summed E-state index contributed by atoms with van der Waals surface area (Å²) >= 11 is 17.8. The van der Waals surface area contributed by atoms with Crippen LogP contribution in [-0.4, -0.2) is 15.9 Å². The van der Waals surface area contributed by atoms with Crippen molar-refractivity contribution in [2.45, 2.75) is 6.92 Å². The van der Waals surface area contributed by atoms with Crippen LogP contribution in [0.1, 0.15) is 15.9 Å². The molecule has 3 aromatic rings. The molecule has 0 radical (unpaired) electrons. The molecule has 0 spiro atoms. The highest BCUT2D eigenvalue weighted by molar-refractivity contribution is 6.36. The molecule has 0 aliphatic heterocycles. The number of rotatable bonds is 5. The lowest BCUT2D eigenvalue weighted by molar-refractivity contribution is 0.0962. The summed E-state index contributed by atoms with van der Waals surface area (Å²) in [6.07, 6.45) is 1.31. The third-order valence-electron chi connectivity index (χ3n) is 3.80. The summed E-state index contributed by atoms with van der Waals surface area (Å²) in [6.45, 7) is 1.90. The van der Waals surface area contributed by atoms with E-state index >= 15 is 0 Å². The molecule has 0 fully saturated rings. The van der Waals surface area contributed by atoms with Gasteiger partial charge in [-0.3, -0.25) is 15.6 Å². The molecular formula is C18H15Cl3N6O. The van der Waals surface area contributed by atoms with E-state index in [1.165, 1.54) is 18.5 Å². The highest BCUT2D eigenvalue weighted by atomic mass is 35.5. The molecule has 1 aromatic heterocycles. The van der Waals surface area contributed by atoms with Gasteiger partial charge in [-0.2, -0.15) is 0 Å². The molecule has 1 heterocycles. The van der Waals surface area contributed by atoms with Gasteiger partial charge >= 0.3 is 0 Å². The number of carbonyl (C=O) groups excluding carboxylic acids is 1. The van der Waals surface area contributed by atoms with Crippen molar-refractivity contribution in [2.24, 2.45) is 0 Å². The van der Waals surface area contributed by atoms with Gasteiger partial charge in [0.15, 0.2) is 11.6 Å². The summed E-state index contributed by atoms with van der Waals surface area (Å²) in [4.78, 5) is 20.5. The number of hydrazine groups is 1. The summed E-state index contributed by atoms with van der Waals surface area (Å²) < 4.78 is 0. The highest BCUT2D eigenvalue weighted by Crippen LogP contribution is 2.28. The molecule has 2 aromatic carbocycles. The second kappa shape index (κ2) is 8.52. The van der Waals surface area contributed by atoms with Crippen LogP contribution in [0, 0.1) is 6.92 Å². The second-order valence-corrected chi connectivity index (χ2v) is 7.05. The fourth-order valence-corrected chi connectivity index (χ4v) is 3.07. The zero-order valence-corrected chi connectivity index (χ0v) is 16.8. The van der Waals surface area contributed by atoms with E-state index in [9.17, 15) is 4.79 Å². The van der Waals surface area contributed by atoms with Crippen molar-refractivity contribution in [2.75, 3.05) is 16.5 Å². The molecule has 10 heteroatoms. The molecule has 1 amide bonds. The Morgan fingerprint density at radius 3 is 2.39 bits per heavy atom. The third-order valence-corrected chi connectivity index (χ3v) is 4.58. The fourth-order valence-electron chi connectivity index (χ4n) is 2.35. The van der Waals surface area contributed by atoms with Crippen LogP contribution in [0.25, 0.3) is 0 Å². The van der Waals surface area contributed by atoms with Crippen LogP contribution in [0.5, 0.6) is 0 Å². The number of halogens is 3. The van der Waals surface area contributed by atoms with E-state index in [4.69, 9.17) is 40.5 Å². The van der Waals surface area contributed by atoms with Gasteiger partial charge < -0.3 is 11.1 Å². The van der Waals surface area contributed by atoms with E-state index < -0.39 is 5.91 Å². The number of amides is 1. The van der Waals surface area contributed by atoms with Gasteiger partial charge in [-0.25, -0.2) is 9.97 Å². The molecule has 28 heavy (non-hydrogen) atoms. The smallest absolute Gasteiger partial charge is 0.271 e.